The van der Waals surface area contributed by atoms with Crippen LogP contribution < -0.4 is 5.32 Å². The lowest BCUT2D eigenvalue weighted by Gasteiger charge is -2.50. The van der Waals surface area contributed by atoms with E-state index in [4.69, 9.17) is 0 Å². The zero-order valence-corrected chi connectivity index (χ0v) is 22.0. The maximum Gasteiger partial charge on any atom is 0.220 e. The highest BCUT2D eigenvalue weighted by Crippen LogP contribution is 2.46. The molecule has 4 unspecified atom stereocenters. The highest BCUT2D eigenvalue weighted by molar-refractivity contribution is 5.76. The second kappa shape index (κ2) is 14.4. The van der Waals surface area contributed by atoms with E-state index in [1.54, 1.807) is 0 Å². The van der Waals surface area contributed by atoms with Gasteiger partial charge >= 0.3 is 0 Å². The van der Waals surface area contributed by atoms with Gasteiger partial charge in [0, 0.05) is 12.5 Å². The Morgan fingerprint density at radius 2 is 1.17 bits per heavy atom. The zero-order chi connectivity index (χ0) is 25.0. The lowest BCUT2D eigenvalue weighted by Crippen LogP contribution is -2.56. The van der Waals surface area contributed by atoms with Crippen molar-refractivity contribution in [1.82, 2.24) is 10.4 Å². The molecule has 0 aliphatic carbocycles. The molecule has 4 nitrogen and oxygen atoms in total. The van der Waals surface area contributed by atoms with Crippen molar-refractivity contribution < 1.29 is 10.0 Å². The number of amides is 1. The van der Waals surface area contributed by atoms with Crippen LogP contribution in [0, 0.1) is 11.8 Å². The van der Waals surface area contributed by atoms with Gasteiger partial charge in [0.2, 0.25) is 5.91 Å². The lowest BCUT2D eigenvalue weighted by molar-refractivity contribution is -0.218. The number of benzene rings is 2. The molecule has 2 aromatic rings. The average Bonchev–Trinajstić information content (AvgIpc) is 2.87. The Hall–Kier alpha value is -2.17. The Bertz CT molecular complexity index is 803. The van der Waals surface area contributed by atoms with E-state index in [0.29, 0.717) is 6.42 Å². The number of carbonyl (C=O) groups is 1. The Morgan fingerprint density at radius 3 is 1.63 bits per heavy atom. The molecule has 1 heterocycles. The van der Waals surface area contributed by atoms with Crippen molar-refractivity contribution in [3.63, 3.8) is 0 Å². The van der Waals surface area contributed by atoms with Crippen LogP contribution >= 0.6 is 0 Å². The number of nitrogens with one attached hydrogen (secondary N) is 1. The maximum absolute atomic E-state index is 13.0. The number of hydrogen-bond donors (Lipinski definition) is 2. The van der Waals surface area contributed by atoms with E-state index in [1.165, 1.54) is 50.0 Å². The normalized spacial score (nSPS) is 24.9. The zero-order valence-electron chi connectivity index (χ0n) is 22.0. The van der Waals surface area contributed by atoms with E-state index in [0.717, 1.165) is 24.0 Å². The van der Waals surface area contributed by atoms with Gasteiger partial charge in [0.1, 0.15) is 0 Å². The third-order valence-electron chi connectivity index (χ3n) is 7.82. The Balaban J connectivity index is 1.61. The Morgan fingerprint density at radius 1 is 0.743 bits per heavy atom. The number of hydrogen-bond acceptors (Lipinski definition) is 3. The molecule has 1 fully saturated rings. The van der Waals surface area contributed by atoms with Gasteiger partial charge in [0.05, 0.1) is 12.1 Å². The molecule has 4 heteroatoms. The minimum atomic E-state index is -0.185. The quantitative estimate of drug-likeness (QED) is 0.288. The maximum atomic E-state index is 13.0. The second-order valence-corrected chi connectivity index (χ2v) is 10.5. The van der Waals surface area contributed by atoms with Gasteiger partial charge in [-0.25, -0.2) is 0 Å². The summed E-state index contributed by atoms with van der Waals surface area (Å²) in [6.45, 7) is 6.56. The summed E-state index contributed by atoms with van der Waals surface area (Å²) in [5, 5.41) is 16.4. The van der Waals surface area contributed by atoms with Crippen molar-refractivity contribution in [1.29, 1.82) is 0 Å². The van der Waals surface area contributed by atoms with Crippen LogP contribution in [0.4, 0.5) is 0 Å². The SMILES string of the molecule is CCCCCCCCCCCC(=O)NC1C(C)C(c2ccccc2)N(O)C(c2ccccc2)C1C. The van der Waals surface area contributed by atoms with Gasteiger partial charge in [0.15, 0.2) is 0 Å². The van der Waals surface area contributed by atoms with Gasteiger partial charge in [-0.15, -0.1) is 0 Å². The van der Waals surface area contributed by atoms with Gasteiger partial charge in [-0.2, -0.15) is 5.06 Å². The molecule has 1 amide bonds. The number of rotatable bonds is 13. The fraction of sp³-hybridized carbons (Fsp3) is 0.581. The van der Waals surface area contributed by atoms with Crippen LogP contribution in [-0.2, 0) is 4.79 Å². The van der Waals surface area contributed by atoms with Crippen LogP contribution in [0.2, 0.25) is 0 Å². The first-order valence-corrected chi connectivity index (χ1v) is 13.9. The predicted molar refractivity (Wildman–Crippen MR) is 144 cm³/mol. The third kappa shape index (κ3) is 7.65. The minimum absolute atomic E-state index is 0.0140. The van der Waals surface area contributed by atoms with Crippen LogP contribution in [-0.4, -0.2) is 22.2 Å². The molecule has 0 saturated carbocycles. The standard InChI is InChI=1S/C31H46N2O2/c1-4-5-6-7-8-9-10-11-18-23-28(34)32-29-24(2)30(26-19-14-12-15-20-26)33(35)31(25(29)3)27-21-16-13-17-22-27/h12-17,19-22,24-25,29-31,35H,4-11,18,23H2,1-3H3,(H,32,34). The van der Waals surface area contributed by atoms with Crippen molar-refractivity contribution in [2.24, 2.45) is 11.8 Å². The molecular formula is C31H46N2O2. The number of nitrogens with zero attached hydrogens (tertiary/aromatic N) is 1. The van der Waals surface area contributed by atoms with Crippen LogP contribution in [0.3, 0.4) is 0 Å². The van der Waals surface area contributed by atoms with Gasteiger partial charge in [-0.1, -0.05) is 133 Å². The van der Waals surface area contributed by atoms with Gasteiger partial charge < -0.3 is 10.5 Å². The minimum Gasteiger partial charge on any atom is -0.353 e. The fourth-order valence-corrected chi connectivity index (χ4v) is 5.86. The van der Waals surface area contributed by atoms with E-state index in [2.05, 4.69) is 50.4 Å². The highest BCUT2D eigenvalue weighted by atomic mass is 16.5. The molecule has 4 atom stereocenters. The van der Waals surface area contributed by atoms with Gasteiger partial charge in [-0.05, 0) is 29.4 Å². The van der Waals surface area contributed by atoms with E-state index >= 15 is 0 Å². The Labute approximate surface area is 213 Å². The predicted octanol–water partition coefficient (Wildman–Crippen LogP) is 7.85. The summed E-state index contributed by atoms with van der Waals surface area (Å²) in [6.07, 6.45) is 11.8. The van der Waals surface area contributed by atoms with Crippen LogP contribution in [0.25, 0.3) is 0 Å². The third-order valence-corrected chi connectivity index (χ3v) is 7.82. The average molecular weight is 479 g/mol. The van der Waals surface area contributed by atoms with Crippen LogP contribution in [0.1, 0.15) is 108 Å². The number of unbranched alkanes of at least 4 members (excludes halogenated alkanes) is 8. The van der Waals surface area contributed by atoms with Gasteiger partial charge in [-0.3, -0.25) is 4.79 Å². The molecule has 2 aromatic carbocycles. The van der Waals surface area contributed by atoms with Crippen molar-refractivity contribution in [2.75, 3.05) is 0 Å². The molecule has 192 valence electrons. The van der Waals surface area contributed by atoms with Crippen molar-refractivity contribution in [3.8, 4) is 0 Å². The molecule has 0 radical (unpaired) electrons. The van der Waals surface area contributed by atoms with E-state index < -0.39 is 0 Å². The topological polar surface area (TPSA) is 52.6 Å². The first kappa shape index (κ1) is 27.4. The molecule has 0 spiro atoms. The van der Waals surface area contributed by atoms with Crippen LogP contribution in [0.5, 0.6) is 0 Å². The number of hydroxylamine groups is 2. The first-order chi connectivity index (χ1) is 17.0. The van der Waals surface area contributed by atoms with E-state index in [1.807, 2.05) is 36.4 Å². The molecule has 1 aliphatic heterocycles. The fourth-order valence-electron chi connectivity index (χ4n) is 5.86. The smallest absolute Gasteiger partial charge is 0.220 e. The summed E-state index contributed by atoms with van der Waals surface area (Å²) >= 11 is 0. The van der Waals surface area contributed by atoms with Crippen molar-refractivity contribution >= 4 is 5.91 Å². The van der Waals surface area contributed by atoms with E-state index in [-0.39, 0.29) is 35.9 Å². The van der Waals surface area contributed by atoms with Gasteiger partial charge in [0.25, 0.3) is 0 Å². The molecule has 3 rings (SSSR count). The summed E-state index contributed by atoms with van der Waals surface area (Å²) in [7, 11) is 0. The summed E-state index contributed by atoms with van der Waals surface area (Å²) in [5.41, 5.74) is 2.15. The van der Waals surface area contributed by atoms with Crippen LogP contribution in [0.15, 0.2) is 60.7 Å². The van der Waals surface area contributed by atoms with E-state index in [9.17, 15) is 10.0 Å². The number of piperidine rings is 1. The number of carbonyl (C=O) groups excluding carboxylic acids is 1. The molecule has 1 saturated heterocycles. The summed E-state index contributed by atoms with van der Waals surface area (Å²) in [4.78, 5) is 13.0. The van der Waals surface area contributed by atoms with Crippen molar-refractivity contribution in [3.05, 3.63) is 71.8 Å². The molecule has 2 N–H and O–H groups in total. The molecule has 35 heavy (non-hydrogen) atoms. The molecule has 1 aliphatic rings. The summed E-state index contributed by atoms with van der Waals surface area (Å²) < 4.78 is 0. The highest BCUT2D eigenvalue weighted by Gasteiger charge is 2.46. The largest absolute Gasteiger partial charge is 0.353 e. The Kier molecular flexibility index (Phi) is 11.3. The monoisotopic (exact) mass is 478 g/mol. The van der Waals surface area contributed by atoms with Crippen molar-refractivity contribution in [2.45, 2.75) is 103 Å². The molecular weight excluding hydrogens is 432 g/mol. The summed E-state index contributed by atoms with van der Waals surface area (Å²) in [6, 6.07) is 20.0. The first-order valence-electron chi connectivity index (χ1n) is 13.9. The summed E-state index contributed by atoms with van der Waals surface area (Å²) in [5.74, 6) is 0.288. The molecule has 0 bridgehead atoms. The molecule has 0 aromatic heterocycles. The second-order valence-electron chi connectivity index (χ2n) is 10.5. The lowest BCUT2D eigenvalue weighted by atomic mass is 9.73.